The number of imidazole rings is 1. The van der Waals surface area contributed by atoms with Gasteiger partial charge in [0.15, 0.2) is 4.84 Å². The zero-order valence-electron chi connectivity index (χ0n) is 17.8. The molecule has 33 heavy (non-hydrogen) atoms. The van der Waals surface area contributed by atoms with Gasteiger partial charge in [0.05, 0.1) is 5.69 Å². The molecular weight excluding hydrogens is 473 g/mol. The van der Waals surface area contributed by atoms with Gasteiger partial charge >= 0.3 is 0 Å². The summed E-state index contributed by atoms with van der Waals surface area (Å²) in [4.78, 5) is 15.1. The molecule has 1 N–H and O–H groups in total. The molecule has 0 saturated heterocycles. The molecule has 3 aromatic carbocycles. The van der Waals surface area contributed by atoms with Gasteiger partial charge in [0.1, 0.15) is 11.1 Å². The number of nitrogens with zero attached hydrogens (tertiary/aromatic N) is 2. The number of alkyl halides is 2. The van der Waals surface area contributed by atoms with Crippen LogP contribution in [0.2, 0.25) is 0 Å². The maximum atomic E-state index is 11.6. The molecule has 4 rings (SSSR count). The molecule has 1 amide bonds. The highest BCUT2D eigenvalue weighted by atomic mass is 35.5. The Morgan fingerprint density at radius 1 is 0.879 bits per heavy atom. The van der Waals surface area contributed by atoms with Gasteiger partial charge in [-0.2, -0.15) is 0 Å². The Morgan fingerprint density at radius 3 is 1.82 bits per heavy atom. The Balaban J connectivity index is 1.70. The van der Waals surface area contributed by atoms with Crippen molar-refractivity contribution in [1.82, 2.24) is 14.3 Å². The Morgan fingerprint density at radius 2 is 1.36 bits per heavy atom. The molecule has 0 aliphatic carbocycles. The first-order valence-corrected chi connectivity index (χ1v) is 12.2. The van der Waals surface area contributed by atoms with Crippen LogP contribution >= 0.6 is 35.1 Å². The molecule has 4 aromatic rings. The molecular formula is C26H23Cl2N3OS. The van der Waals surface area contributed by atoms with E-state index >= 15 is 0 Å². The van der Waals surface area contributed by atoms with E-state index in [1.807, 2.05) is 34.7 Å². The van der Waals surface area contributed by atoms with Crippen molar-refractivity contribution < 1.29 is 4.79 Å². The summed E-state index contributed by atoms with van der Waals surface area (Å²) < 4.78 is 1.55. The smallest absolute Gasteiger partial charge is 0.253 e. The largest absolute Gasteiger partial charge is 0.353 e. The molecule has 0 saturated carbocycles. The summed E-state index contributed by atoms with van der Waals surface area (Å²) in [5.74, 6) is -0.400. The molecule has 1 heterocycles. The van der Waals surface area contributed by atoms with E-state index in [2.05, 4.69) is 83.1 Å². The molecule has 0 spiro atoms. The number of aromatic nitrogens is 2. The fourth-order valence-corrected chi connectivity index (χ4v) is 5.21. The minimum absolute atomic E-state index is 0.400. The number of benzene rings is 3. The van der Waals surface area contributed by atoms with Crippen molar-refractivity contribution in [1.29, 1.82) is 0 Å². The molecule has 4 nitrogen and oxygen atoms in total. The molecule has 0 bridgehead atoms. The van der Waals surface area contributed by atoms with E-state index in [1.165, 1.54) is 16.7 Å². The van der Waals surface area contributed by atoms with E-state index in [1.54, 1.807) is 11.9 Å². The minimum atomic E-state index is -1.07. The molecule has 0 aliphatic rings. The lowest BCUT2D eigenvalue weighted by molar-refractivity contribution is -0.119. The number of carbonyl (C=O) groups is 1. The second-order valence-corrected chi connectivity index (χ2v) is 9.75. The molecule has 0 radical (unpaired) electrons. The van der Waals surface area contributed by atoms with Crippen molar-refractivity contribution in [3.8, 4) is 0 Å². The number of rotatable bonds is 9. The second kappa shape index (κ2) is 10.9. The number of hydrogen-bond donors (Lipinski definition) is 1. The van der Waals surface area contributed by atoms with Crippen molar-refractivity contribution >= 4 is 41.1 Å². The van der Waals surface area contributed by atoms with Crippen molar-refractivity contribution in [3.63, 3.8) is 0 Å². The van der Waals surface area contributed by atoms with E-state index < -0.39 is 15.5 Å². The summed E-state index contributed by atoms with van der Waals surface area (Å²) in [5, 5.41) is 2.71. The van der Waals surface area contributed by atoms with Gasteiger partial charge in [-0.3, -0.25) is 8.77 Å². The third-order valence-electron chi connectivity index (χ3n) is 5.28. The third-order valence-corrected chi connectivity index (χ3v) is 7.06. The number of carbonyl (C=O) groups excluding carboxylic acids is 1. The van der Waals surface area contributed by atoms with Gasteiger partial charge in [0.2, 0.25) is 0 Å². The number of amides is 1. The summed E-state index contributed by atoms with van der Waals surface area (Å²) in [6.45, 7) is 0.414. The van der Waals surface area contributed by atoms with Crippen molar-refractivity contribution in [2.24, 2.45) is 0 Å². The predicted molar refractivity (Wildman–Crippen MR) is 137 cm³/mol. The van der Waals surface area contributed by atoms with Crippen LogP contribution < -0.4 is 5.32 Å². The van der Waals surface area contributed by atoms with E-state index in [9.17, 15) is 4.79 Å². The van der Waals surface area contributed by atoms with Crippen molar-refractivity contribution in [2.75, 3.05) is 6.54 Å². The van der Waals surface area contributed by atoms with Gasteiger partial charge in [-0.25, -0.2) is 4.98 Å². The van der Waals surface area contributed by atoms with Crippen molar-refractivity contribution in [2.45, 2.75) is 16.0 Å². The lowest BCUT2D eigenvalue weighted by atomic mass is 9.84. The zero-order chi connectivity index (χ0) is 23.1. The Hall–Kier alpha value is -2.73. The van der Waals surface area contributed by atoms with Crippen LogP contribution in [0, 0.1) is 0 Å². The van der Waals surface area contributed by atoms with Crippen LogP contribution in [0.1, 0.15) is 22.4 Å². The third kappa shape index (κ3) is 5.44. The molecule has 168 valence electrons. The highest BCUT2D eigenvalue weighted by Crippen LogP contribution is 2.48. The molecule has 0 atom stereocenters. The summed E-state index contributed by atoms with van der Waals surface area (Å²) in [7, 11) is 0. The zero-order valence-corrected chi connectivity index (χ0v) is 20.1. The number of hydrogen-bond acceptors (Lipinski definition) is 3. The van der Waals surface area contributed by atoms with Gasteiger partial charge in [0, 0.05) is 19.2 Å². The standard InChI is InChI=1S/C26H23Cl2N3OS/c27-24(28)25(32)29-17-16-23-18-31(19-30-23)33-26(20-10-4-1-5-11-20,21-12-6-2-7-13-21)22-14-8-3-9-15-22/h1-15,18-19,24H,16-17H2,(H,29,32). The maximum Gasteiger partial charge on any atom is 0.253 e. The number of nitrogens with one attached hydrogen (secondary N) is 1. The van der Waals surface area contributed by atoms with Crippen LogP contribution in [-0.4, -0.2) is 26.2 Å². The van der Waals surface area contributed by atoms with Gasteiger partial charge in [-0.15, -0.1) is 0 Å². The molecule has 0 fully saturated rings. The van der Waals surface area contributed by atoms with Crippen LogP contribution in [0.4, 0.5) is 0 Å². The maximum absolute atomic E-state index is 11.6. The fraction of sp³-hybridized carbons (Fsp3) is 0.154. The van der Waals surface area contributed by atoms with E-state index in [4.69, 9.17) is 23.2 Å². The SMILES string of the molecule is O=C(NCCc1cn(SC(c2ccccc2)(c2ccccc2)c2ccccc2)cn1)C(Cl)Cl. The van der Waals surface area contributed by atoms with Gasteiger partial charge in [0.25, 0.3) is 5.91 Å². The average molecular weight is 496 g/mol. The van der Waals surface area contributed by atoms with Crippen LogP contribution in [0.3, 0.4) is 0 Å². The topological polar surface area (TPSA) is 46.9 Å². The number of halogens is 2. The first kappa shape index (κ1) is 23.4. The molecule has 0 unspecified atom stereocenters. The van der Waals surface area contributed by atoms with Crippen LogP contribution in [0.5, 0.6) is 0 Å². The van der Waals surface area contributed by atoms with Gasteiger partial charge < -0.3 is 5.32 Å². The van der Waals surface area contributed by atoms with Crippen LogP contribution in [-0.2, 0) is 16.0 Å². The Labute approximate surface area is 208 Å². The summed E-state index contributed by atoms with van der Waals surface area (Å²) in [6.07, 6.45) is 4.39. The van der Waals surface area contributed by atoms with E-state index in [0.29, 0.717) is 13.0 Å². The lowest BCUT2D eigenvalue weighted by Crippen LogP contribution is -2.30. The summed E-state index contributed by atoms with van der Waals surface area (Å²) >= 11 is 12.9. The second-order valence-electron chi connectivity index (χ2n) is 7.44. The molecule has 1 aromatic heterocycles. The predicted octanol–water partition coefficient (Wildman–Crippen LogP) is 5.83. The summed E-state index contributed by atoms with van der Waals surface area (Å²) in [6, 6.07) is 31.5. The Bertz CT molecular complexity index is 1070. The fourth-order valence-electron chi connectivity index (χ4n) is 3.75. The summed E-state index contributed by atoms with van der Waals surface area (Å²) in [5.41, 5.74) is 4.38. The van der Waals surface area contributed by atoms with Crippen molar-refractivity contribution in [3.05, 3.63) is 126 Å². The molecule has 7 heteroatoms. The van der Waals surface area contributed by atoms with Gasteiger partial charge in [-0.05, 0) is 28.6 Å². The molecule has 0 aliphatic heterocycles. The lowest BCUT2D eigenvalue weighted by Gasteiger charge is -2.35. The first-order valence-electron chi connectivity index (χ1n) is 10.5. The highest BCUT2D eigenvalue weighted by molar-refractivity contribution is 7.99. The Kier molecular flexibility index (Phi) is 7.76. The normalized spacial score (nSPS) is 11.5. The first-order chi connectivity index (χ1) is 16.1. The van der Waals surface area contributed by atoms with E-state index in [-0.39, 0.29) is 0 Å². The van der Waals surface area contributed by atoms with Crippen LogP contribution in [0.15, 0.2) is 104 Å². The van der Waals surface area contributed by atoms with E-state index in [0.717, 1.165) is 5.69 Å². The van der Waals surface area contributed by atoms with Crippen LogP contribution in [0.25, 0.3) is 0 Å². The monoisotopic (exact) mass is 495 g/mol. The highest BCUT2D eigenvalue weighted by Gasteiger charge is 2.38. The minimum Gasteiger partial charge on any atom is -0.353 e. The average Bonchev–Trinajstić information content (AvgIpc) is 3.31. The van der Waals surface area contributed by atoms with Gasteiger partial charge in [-0.1, -0.05) is 114 Å². The quantitative estimate of drug-likeness (QED) is 0.234.